The molecule has 23 heavy (non-hydrogen) atoms. The molecule has 0 unspecified atom stereocenters. The number of rotatable bonds is 1. The van der Waals surface area contributed by atoms with Crippen LogP contribution in [-0.4, -0.2) is 56.2 Å². The van der Waals surface area contributed by atoms with Crippen LogP contribution in [0.2, 0.25) is 0 Å². The van der Waals surface area contributed by atoms with Crippen LogP contribution >= 0.6 is 0 Å². The van der Waals surface area contributed by atoms with Crippen molar-refractivity contribution in [3.63, 3.8) is 0 Å². The molecule has 120 valence electrons. The van der Waals surface area contributed by atoms with Crippen molar-refractivity contribution in [3.8, 4) is 0 Å². The third-order valence-corrected chi connectivity index (χ3v) is 5.07. The number of amides is 2. The first-order valence-electron chi connectivity index (χ1n) is 8.12. The zero-order chi connectivity index (χ0) is 16.1. The summed E-state index contributed by atoms with van der Waals surface area (Å²) in [5.41, 5.74) is 2.19. The third kappa shape index (κ3) is 2.12. The number of aryl methyl sites for hydroxylation is 1. The van der Waals surface area contributed by atoms with Crippen molar-refractivity contribution < 1.29 is 9.59 Å². The number of fused-ring (bicyclic) bond motifs is 2. The molecule has 2 fully saturated rings. The molecule has 2 aromatic rings. The van der Waals surface area contributed by atoms with Crippen molar-refractivity contribution >= 4 is 17.5 Å². The Kier molecular flexibility index (Phi) is 3.14. The predicted molar refractivity (Wildman–Crippen MR) is 85.2 cm³/mol. The minimum absolute atomic E-state index is 0.0621. The van der Waals surface area contributed by atoms with Gasteiger partial charge in [-0.1, -0.05) is 6.07 Å². The van der Waals surface area contributed by atoms with E-state index >= 15 is 0 Å². The zero-order valence-corrected chi connectivity index (χ0v) is 13.4. The van der Waals surface area contributed by atoms with Gasteiger partial charge in [-0.2, -0.15) is 0 Å². The van der Waals surface area contributed by atoms with Crippen molar-refractivity contribution in [1.82, 2.24) is 19.2 Å². The number of nitrogens with zero attached hydrogens (tertiary/aromatic N) is 4. The lowest BCUT2D eigenvalue weighted by Gasteiger charge is -2.41. The number of carbonyl (C=O) groups is 2. The summed E-state index contributed by atoms with van der Waals surface area (Å²) in [4.78, 5) is 33.4. The standard InChI is InChI=1S/C17H20N4O2/c1-11-5-3-7-15-18-14(10-20(11)15)17(23)21-9-13-6-4-8-19(13)16(22)12(21)2/h3,5,7,10,12-13H,4,6,8-9H2,1-2H3/t12-,13+/m0/s1. The van der Waals surface area contributed by atoms with Gasteiger partial charge in [0.2, 0.25) is 5.91 Å². The molecule has 2 saturated heterocycles. The fourth-order valence-corrected chi connectivity index (χ4v) is 3.73. The first-order chi connectivity index (χ1) is 11.1. The molecule has 0 aromatic carbocycles. The third-order valence-electron chi connectivity index (χ3n) is 5.07. The quantitative estimate of drug-likeness (QED) is 0.801. The highest BCUT2D eigenvalue weighted by molar-refractivity contribution is 5.97. The minimum atomic E-state index is -0.414. The highest BCUT2D eigenvalue weighted by Crippen LogP contribution is 2.26. The van der Waals surface area contributed by atoms with Crippen LogP contribution in [0.25, 0.3) is 5.65 Å². The lowest BCUT2D eigenvalue weighted by molar-refractivity contribution is -0.141. The fourth-order valence-electron chi connectivity index (χ4n) is 3.73. The van der Waals surface area contributed by atoms with Crippen LogP contribution in [0.3, 0.4) is 0 Å². The first-order valence-corrected chi connectivity index (χ1v) is 8.12. The van der Waals surface area contributed by atoms with Crippen LogP contribution in [-0.2, 0) is 4.79 Å². The van der Waals surface area contributed by atoms with Crippen molar-refractivity contribution in [2.45, 2.75) is 38.8 Å². The number of imidazole rings is 1. The summed E-state index contributed by atoms with van der Waals surface area (Å²) in [5.74, 6) is -0.0902. The number of piperazine rings is 1. The van der Waals surface area contributed by atoms with Gasteiger partial charge < -0.3 is 14.2 Å². The molecule has 6 heteroatoms. The van der Waals surface area contributed by atoms with Crippen LogP contribution in [0.15, 0.2) is 24.4 Å². The van der Waals surface area contributed by atoms with Crippen LogP contribution in [0.4, 0.5) is 0 Å². The Labute approximate surface area is 134 Å². The van der Waals surface area contributed by atoms with Gasteiger partial charge in [0.15, 0.2) is 0 Å². The van der Waals surface area contributed by atoms with Gasteiger partial charge in [0, 0.05) is 31.0 Å². The largest absolute Gasteiger partial charge is 0.336 e. The van der Waals surface area contributed by atoms with Crippen LogP contribution in [0, 0.1) is 6.92 Å². The van der Waals surface area contributed by atoms with E-state index in [1.807, 2.05) is 41.3 Å². The highest BCUT2D eigenvalue weighted by Gasteiger charge is 2.42. The Morgan fingerprint density at radius 1 is 1.35 bits per heavy atom. The molecular formula is C17H20N4O2. The lowest BCUT2D eigenvalue weighted by Crippen LogP contribution is -2.60. The van der Waals surface area contributed by atoms with Gasteiger partial charge in [-0.25, -0.2) is 4.98 Å². The van der Waals surface area contributed by atoms with Gasteiger partial charge in [-0.05, 0) is 38.8 Å². The van der Waals surface area contributed by atoms with E-state index in [2.05, 4.69) is 4.98 Å². The van der Waals surface area contributed by atoms with Gasteiger partial charge >= 0.3 is 0 Å². The molecule has 0 radical (unpaired) electrons. The fraction of sp³-hybridized carbons (Fsp3) is 0.471. The minimum Gasteiger partial charge on any atom is -0.336 e. The Balaban J connectivity index is 1.67. The molecule has 0 spiro atoms. The molecule has 2 aliphatic rings. The summed E-state index contributed by atoms with van der Waals surface area (Å²) in [6.45, 7) is 5.23. The van der Waals surface area contributed by atoms with E-state index in [0.717, 1.165) is 30.7 Å². The number of pyridine rings is 1. The molecule has 2 aromatic heterocycles. The maximum absolute atomic E-state index is 12.9. The van der Waals surface area contributed by atoms with E-state index in [1.54, 1.807) is 11.1 Å². The SMILES string of the molecule is Cc1cccc2nc(C(=O)N3C[C@H]4CCCN4C(=O)[C@@H]3C)cn12. The van der Waals surface area contributed by atoms with Crippen molar-refractivity contribution in [3.05, 3.63) is 35.8 Å². The summed E-state index contributed by atoms with van der Waals surface area (Å²) in [6.07, 6.45) is 3.77. The Morgan fingerprint density at radius 3 is 2.96 bits per heavy atom. The number of hydrogen-bond acceptors (Lipinski definition) is 3. The van der Waals surface area contributed by atoms with Crippen LogP contribution < -0.4 is 0 Å². The molecule has 0 N–H and O–H groups in total. The molecule has 0 bridgehead atoms. The Bertz CT molecular complexity index is 797. The van der Waals surface area contributed by atoms with Gasteiger partial charge in [0.05, 0.1) is 0 Å². The Morgan fingerprint density at radius 2 is 2.17 bits per heavy atom. The highest BCUT2D eigenvalue weighted by atomic mass is 16.2. The topological polar surface area (TPSA) is 57.9 Å². The monoisotopic (exact) mass is 312 g/mol. The number of aromatic nitrogens is 2. The van der Waals surface area contributed by atoms with E-state index in [0.29, 0.717) is 12.2 Å². The molecule has 2 atom stereocenters. The van der Waals surface area contributed by atoms with Crippen molar-refractivity contribution in [2.75, 3.05) is 13.1 Å². The molecule has 4 heterocycles. The van der Waals surface area contributed by atoms with E-state index in [1.165, 1.54) is 0 Å². The molecule has 2 aliphatic heterocycles. The summed E-state index contributed by atoms with van der Waals surface area (Å²) in [6, 6.07) is 5.54. The second-order valence-corrected chi connectivity index (χ2v) is 6.48. The molecule has 0 aliphatic carbocycles. The van der Waals surface area contributed by atoms with Gasteiger partial charge in [0.1, 0.15) is 17.4 Å². The van der Waals surface area contributed by atoms with E-state index in [4.69, 9.17) is 0 Å². The number of hydrogen-bond donors (Lipinski definition) is 0. The van der Waals surface area contributed by atoms with Gasteiger partial charge in [-0.15, -0.1) is 0 Å². The maximum atomic E-state index is 12.9. The molecular weight excluding hydrogens is 292 g/mol. The summed E-state index contributed by atoms with van der Waals surface area (Å²) >= 11 is 0. The van der Waals surface area contributed by atoms with Crippen molar-refractivity contribution in [1.29, 1.82) is 0 Å². The predicted octanol–water partition coefficient (Wildman–Crippen LogP) is 1.48. The average Bonchev–Trinajstić information content (AvgIpc) is 3.17. The lowest BCUT2D eigenvalue weighted by atomic mass is 10.1. The molecule has 2 amide bonds. The van der Waals surface area contributed by atoms with E-state index in [9.17, 15) is 9.59 Å². The molecule has 0 saturated carbocycles. The summed E-state index contributed by atoms with van der Waals surface area (Å²) in [5, 5.41) is 0. The van der Waals surface area contributed by atoms with Crippen LogP contribution in [0.5, 0.6) is 0 Å². The summed E-state index contributed by atoms with van der Waals surface area (Å²) < 4.78 is 1.91. The smallest absolute Gasteiger partial charge is 0.274 e. The first kappa shape index (κ1) is 14.2. The molecule has 6 nitrogen and oxygen atoms in total. The molecule has 4 rings (SSSR count). The van der Waals surface area contributed by atoms with E-state index < -0.39 is 6.04 Å². The zero-order valence-electron chi connectivity index (χ0n) is 13.4. The van der Waals surface area contributed by atoms with E-state index in [-0.39, 0.29) is 17.9 Å². The summed E-state index contributed by atoms with van der Waals surface area (Å²) in [7, 11) is 0. The maximum Gasteiger partial charge on any atom is 0.274 e. The number of carbonyl (C=O) groups excluding carboxylic acids is 2. The van der Waals surface area contributed by atoms with Gasteiger partial charge in [0.25, 0.3) is 5.91 Å². The second-order valence-electron chi connectivity index (χ2n) is 6.48. The van der Waals surface area contributed by atoms with Crippen molar-refractivity contribution in [2.24, 2.45) is 0 Å². The normalized spacial score (nSPS) is 24.3. The van der Waals surface area contributed by atoms with Crippen LogP contribution in [0.1, 0.15) is 35.9 Å². The van der Waals surface area contributed by atoms with Gasteiger partial charge in [-0.3, -0.25) is 9.59 Å². The average molecular weight is 312 g/mol. The Hall–Kier alpha value is -2.37. The second kappa shape index (κ2) is 5.08.